The Morgan fingerprint density at radius 3 is 2.77 bits per heavy atom. The summed E-state index contributed by atoms with van der Waals surface area (Å²) in [6.45, 7) is 0. The average molecular weight is 201 g/mol. The summed E-state index contributed by atoms with van der Waals surface area (Å²) in [5, 5.41) is 8.68. The molecule has 5 nitrogen and oxygen atoms in total. The van der Waals surface area contributed by atoms with Gasteiger partial charge in [0.1, 0.15) is 5.69 Å². The summed E-state index contributed by atoms with van der Waals surface area (Å²) in [7, 11) is -3.10. The van der Waals surface area contributed by atoms with Gasteiger partial charge in [0.05, 0.1) is 11.5 Å². The molecule has 1 aromatic rings. The molecule has 0 saturated heterocycles. The Morgan fingerprint density at radius 1 is 1.46 bits per heavy atom. The average Bonchev–Trinajstić information content (AvgIpc) is 2.41. The molecule has 0 bridgehead atoms. The Balaban J connectivity index is 2.55. The lowest BCUT2D eigenvalue weighted by molar-refractivity contribution is 0.0690. The number of carboxylic acid groups (broad SMARTS) is 1. The fourth-order valence-corrected chi connectivity index (χ4v) is 3.09. The first kappa shape index (κ1) is 8.31. The predicted octanol–water partition coefficient (Wildman–Crippen LogP) is 0.141. The first-order valence-corrected chi connectivity index (χ1v) is 5.44. The molecule has 0 spiro atoms. The highest BCUT2D eigenvalue weighted by molar-refractivity contribution is 7.90. The molecule has 6 heteroatoms. The van der Waals surface area contributed by atoms with E-state index in [1.165, 1.54) is 6.20 Å². The number of aromatic carboxylic acids is 1. The van der Waals surface area contributed by atoms with Gasteiger partial charge in [-0.1, -0.05) is 0 Å². The highest BCUT2D eigenvalue weighted by Crippen LogP contribution is 2.27. The number of hydrogen-bond donors (Lipinski definition) is 2. The van der Waals surface area contributed by atoms with Gasteiger partial charge in [-0.15, -0.1) is 0 Å². The molecular weight excluding hydrogens is 194 g/mol. The van der Waals surface area contributed by atoms with Gasteiger partial charge in [-0.25, -0.2) is 13.2 Å². The third kappa shape index (κ3) is 1.23. The first-order chi connectivity index (χ1) is 5.99. The predicted molar refractivity (Wildman–Crippen MR) is 44.1 cm³/mol. The maximum Gasteiger partial charge on any atom is 0.352 e. The van der Waals surface area contributed by atoms with Gasteiger partial charge in [0, 0.05) is 11.8 Å². The molecule has 2 heterocycles. The summed E-state index contributed by atoms with van der Waals surface area (Å²) in [6, 6.07) is 0. The summed E-state index contributed by atoms with van der Waals surface area (Å²) < 4.78 is 22.2. The minimum absolute atomic E-state index is 0.00363. The van der Waals surface area contributed by atoms with Crippen molar-refractivity contribution in [3.05, 3.63) is 23.0 Å². The van der Waals surface area contributed by atoms with E-state index in [0.717, 1.165) is 0 Å². The van der Waals surface area contributed by atoms with Crippen LogP contribution in [0.15, 0.2) is 6.20 Å². The van der Waals surface area contributed by atoms with Crippen LogP contribution in [-0.2, 0) is 21.3 Å². The van der Waals surface area contributed by atoms with Gasteiger partial charge >= 0.3 is 5.97 Å². The number of H-pyrrole nitrogens is 1. The third-order valence-electron chi connectivity index (χ3n) is 2.03. The van der Waals surface area contributed by atoms with Crippen LogP contribution in [0.2, 0.25) is 0 Å². The van der Waals surface area contributed by atoms with E-state index < -0.39 is 15.8 Å². The lowest BCUT2D eigenvalue weighted by Gasteiger charge is -1.92. The lowest BCUT2D eigenvalue weighted by atomic mass is 10.2. The second kappa shape index (κ2) is 2.35. The molecule has 0 atom stereocenters. The Labute approximate surface area is 74.3 Å². The summed E-state index contributed by atoms with van der Waals surface area (Å²) in [5.74, 6) is -1.32. The van der Waals surface area contributed by atoms with Gasteiger partial charge in [-0.3, -0.25) is 0 Å². The number of sulfone groups is 1. The van der Waals surface area contributed by atoms with Crippen molar-refractivity contribution in [3.63, 3.8) is 0 Å². The van der Waals surface area contributed by atoms with E-state index in [0.29, 0.717) is 11.1 Å². The standard InChI is InChI=1S/C7H7NO4S/c9-7(10)6-5-3-13(11,12)2-4(5)1-8-6/h1,8H,2-3H2,(H,9,10). The largest absolute Gasteiger partial charge is 0.477 e. The van der Waals surface area contributed by atoms with E-state index in [1.54, 1.807) is 0 Å². The van der Waals surface area contributed by atoms with Crippen molar-refractivity contribution in [3.8, 4) is 0 Å². The van der Waals surface area contributed by atoms with Crippen molar-refractivity contribution in [1.82, 2.24) is 4.98 Å². The number of rotatable bonds is 1. The zero-order valence-corrected chi connectivity index (χ0v) is 7.39. The maximum atomic E-state index is 11.1. The number of carboxylic acids is 1. The van der Waals surface area contributed by atoms with Crippen LogP contribution in [0.25, 0.3) is 0 Å². The van der Waals surface area contributed by atoms with Gasteiger partial charge in [0.2, 0.25) is 0 Å². The maximum absolute atomic E-state index is 11.1. The van der Waals surface area contributed by atoms with E-state index in [1.807, 2.05) is 0 Å². The second-order valence-corrected chi connectivity index (χ2v) is 5.07. The molecule has 1 aliphatic heterocycles. The monoisotopic (exact) mass is 201 g/mol. The summed E-state index contributed by atoms with van der Waals surface area (Å²) in [5.41, 5.74) is 0.987. The summed E-state index contributed by atoms with van der Waals surface area (Å²) in [6.07, 6.45) is 1.45. The van der Waals surface area contributed by atoms with Crippen LogP contribution in [0.4, 0.5) is 0 Å². The van der Waals surface area contributed by atoms with Crippen LogP contribution in [0.5, 0.6) is 0 Å². The molecule has 0 aliphatic carbocycles. The van der Waals surface area contributed by atoms with Crippen LogP contribution >= 0.6 is 0 Å². The van der Waals surface area contributed by atoms with E-state index >= 15 is 0 Å². The fourth-order valence-electron chi connectivity index (χ4n) is 1.49. The lowest BCUT2D eigenvalue weighted by Crippen LogP contribution is -2.03. The van der Waals surface area contributed by atoms with Crippen molar-refractivity contribution in [1.29, 1.82) is 0 Å². The SMILES string of the molecule is O=C(O)c1[nH]cc2c1CS(=O)(=O)C2. The zero-order valence-electron chi connectivity index (χ0n) is 6.57. The summed E-state index contributed by atoms with van der Waals surface area (Å²) in [4.78, 5) is 13.2. The molecule has 0 fully saturated rings. The van der Waals surface area contributed by atoms with E-state index in [4.69, 9.17) is 5.11 Å². The van der Waals surface area contributed by atoms with Crippen LogP contribution < -0.4 is 0 Å². The molecule has 0 saturated carbocycles. The van der Waals surface area contributed by atoms with Crippen LogP contribution in [0.1, 0.15) is 21.6 Å². The molecule has 0 aromatic carbocycles. The molecule has 0 unspecified atom stereocenters. The molecule has 13 heavy (non-hydrogen) atoms. The second-order valence-electron chi connectivity index (χ2n) is 3.00. The molecular formula is C7H7NO4S. The minimum atomic E-state index is -3.10. The number of aromatic nitrogens is 1. The molecule has 2 N–H and O–H groups in total. The molecule has 0 radical (unpaired) electrons. The highest BCUT2D eigenvalue weighted by atomic mass is 32.2. The van der Waals surface area contributed by atoms with Crippen molar-refractivity contribution in [2.75, 3.05) is 0 Å². The quantitative estimate of drug-likeness (QED) is 0.676. The van der Waals surface area contributed by atoms with Crippen molar-refractivity contribution in [2.24, 2.45) is 0 Å². The Morgan fingerprint density at radius 2 is 2.15 bits per heavy atom. The Hall–Kier alpha value is -1.30. The van der Waals surface area contributed by atoms with Crippen molar-refractivity contribution in [2.45, 2.75) is 11.5 Å². The number of fused-ring (bicyclic) bond motifs is 1. The number of aromatic amines is 1. The number of nitrogens with one attached hydrogen (secondary N) is 1. The Kier molecular flexibility index (Phi) is 1.50. The minimum Gasteiger partial charge on any atom is -0.477 e. The molecule has 70 valence electrons. The van der Waals surface area contributed by atoms with Gasteiger partial charge in [0.15, 0.2) is 9.84 Å². The fraction of sp³-hybridized carbons (Fsp3) is 0.286. The van der Waals surface area contributed by atoms with E-state index in [2.05, 4.69) is 4.98 Å². The summed E-state index contributed by atoms with van der Waals surface area (Å²) >= 11 is 0. The van der Waals surface area contributed by atoms with Gasteiger partial charge < -0.3 is 10.1 Å². The van der Waals surface area contributed by atoms with Crippen LogP contribution in [0.3, 0.4) is 0 Å². The zero-order chi connectivity index (χ0) is 9.64. The van der Waals surface area contributed by atoms with Gasteiger partial charge in [0.25, 0.3) is 0 Å². The van der Waals surface area contributed by atoms with Crippen LogP contribution in [0, 0.1) is 0 Å². The van der Waals surface area contributed by atoms with Gasteiger partial charge in [-0.2, -0.15) is 0 Å². The molecule has 1 aromatic heterocycles. The first-order valence-electron chi connectivity index (χ1n) is 3.62. The third-order valence-corrected chi connectivity index (χ3v) is 3.51. The van der Waals surface area contributed by atoms with Crippen LogP contribution in [-0.4, -0.2) is 24.5 Å². The number of hydrogen-bond acceptors (Lipinski definition) is 3. The van der Waals surface area contributed by atoms with Crippen molar-refractivity contribution >= 4 is 15.8 Å². The molecule has 2 rings (SSSR count). The van der Waals surface area contributed by atoms with Gasteiger partial charge in [-0.05, 0) is 5.56 Å². The van der Waals surface area contributed by atoms with E-state index in [-0.39, 0.29) is 17.2 Å². The van der Waals surface area contributed by atoms with E-state index in [9.17, 15) is 13.2 Å². The normalized spacial score (nSPS) is 18.5. The number of carbonyl (C=O) groups is 1. The topological polar surface area (TPSA) is 87.2 Å². The highest BCUT2D eigenvalue weighted by Gasteiger charge is 2.30. The Bertz CT molecular complexity index is 471. The molecule has 0 amide bonds. The molecule has 1 aliphatic rings. The smallest absolute Gasteiger partial charge is 0.352 e. The van der Waals surface area contributed by atoms with Crippen molar-refractivity contribution < 1.29 is 18.3 Å².